The molecule has 1 amide bonds. The van der Waals surface area contributed by atoms with Crippen LogP contribution in [0.4, 0.5) is 4.79 Å². The van der Waals surface area contributed by atoms with Crippen LogP contribution in [-0.2, 0) is 4.74 Å². The Kier molecular flexibility index (Phi) is 3.54. The number of aliphatic hydroxyl groups is 1. The molecule has 1 N–H and O–H groups in total. The Hall–Kier alpha value is -0.770. The number of carbonyl (C=O) groups excluding carboxylic acids is 1. The van der Waals surface area contributed by atoms with Crippen molar-refractivity contribution in [2.75, 3.05) is 13.7 Å². The Morgan fingerprint density at radius 3 is 2.85 bits per heavy atom. The molecule has 76 valence electrons. The molecule has 0 aromatic heterocycles. The van der Waals surface area contributed by atoms with Crippen LogP contribution in [-0.4, -0.2) is 41.9 Å². The maximum absolute atomic E-state index is 11.3. The maximum atomic E-state index is 11.3. The smallest absolute Gasteiger partial charge is 0.409 e. The summed E-state index contributed by atoms with van der Waals surface area (Å²) in [6, 6.07) is -0.0683. The van der Waals surface area contributed by atoms with E-state index in [1.54, 1.807) is 11.8 Å². The number of hydrogen-bond acceptors (Lipinski definition) is 3. The minimum Gasteiger partial charge on any atom is -0.453 e. The lowest BCUT2D eigenvalue weighted by molar-refractivity contribution is 0.0313. The van der Waals surface area contributed by atoms with E-state index in [1.807, 2.05) is 0 Å². The molecule has 1 fully saturated rings. The summed E-state index contributed by atoms with van der Waals surface area (Å²) in [5, 5.41) is 9.44. The predicted octanol–water partition coefficient (Wildman–Crippen LogP) is 0.988. The van der Waals surface area contributed by atoms with Gasteiger partial charge in [-0.3, -0.25) is 0 Å². The molecule has 0 aromatic carbocycles. The van der Waals surface area contributed by atoms with Crippen molar-refractivity contribution in [1.29, 1.82) is 0 Å². The number of aliphatic hydroxyl groups excluding tert-OH is 1. The van der Waals surface area contributed by atoms with E-state index in [2.05, 4.69) is 4.74 Å². The SMILES string of the molecule is COC(=O)N1CCCCC1C(C)O. The molecule has 1 aliphatic heterocycles. The Morgan fingerprint density at radius 1 is 1.62 bits per heavy atom. The molecule has 0 aromatic rings. The Bertz CT molecular complexity index is 182. The molecular weight excluding hydrogens is 170 g/mol. The van der Waals surface area contributed by atoms with E-state index in [1.165, 1.54) is 7.11 Å². The summed E-state index contributed by atoms with van der Waals surface area (Å²) in [5.41, 5.74) is 0. The zero-order valence-electron chi connectivity index (χ0n) is 8.19. The van der Waals surface area contributed by atoms with Crippen LogP contribution in [0.25, 0.3) is 0 Å². The molecule has 4 heteroatoms. The summed E-state index contributed by atoms with van der Waals surface area (Å²) in [6.45, 7) is 2.41. The first-order chi connectivity index (χ1) is 6.16. The summed E-state index contributed by atoms with van der Waals surface area (Å²) < 4.78 is 4.65. The van der Waals surface area contributed by atoms with Crippen molar-refractivity contribution in [3.8, 4) is 0 Å². The highest BCUT2D eigenvalue weighted by molar-refractivity contribution is 5.68. The van der Waals surface area contributed by atoms with Crippen LogP contribution < -0.4 is 0 Å². The van der Waals surface area contributed by atoms with Gasteiger partial charge >= 0.3 is 6.09 Å². The van der Waals surface area contributed by atoms with Crippen molar-refractivity contribution >= 4 is 6.09 Å². The monoisotopic (exact) mass is 187 g/mol. The van der Waals surface area contributed by atoms with Gasteiger partial charge in [0.15, 0.2) is 0 Å². The molecule has 0 bridgehead atoms. The number of ether oxygens (including phenoxy) is 1. The summed E-state index contributed by atoms with van der Waals surface area (Å²) in [5.74, 6) is 0. The van der Waals surface area contributed by atoms with Crippen LogP contribution in [0, 0.1) is 0 Å². The van der Waals surface area contributed by atoms with Gasteiger partial charge in [0.25, 0.3) is 0 Å². The summed E-state index contributed by atoms with van der Waals surface area (Å²) in [4.78, 5) is 12.9. The van der Waals surface area contributed by atoms with E-state index in [9.17, 15) is 9.90 Å². The zero-order chi connectivity index (χ0) is 9.84. The van der Waals surface area contributed by atoms with Crippen molar-refractivity contribution < 1.29 is 14.6 Å². The molecule has 1 saturated heterocycles. The van der Waals surface area contributed by atoms with Crippen LogP contribution in [0.3, 0.4) is 0 Å². The highest BCUT2D eigenvalue weighted by atomic mass is 16.5. The fourth-order valence-electron chi connectivity index (χ4n) is 1.80. The average molecular weight is 187 g/mol. The largest absolute Gasteiger partial charge is 0.453 e. The second kappa shape index (κ2) is 4.46. The molecule has 1 heterocycles. The highest BCUT2D eigenvalue weighted by Gasteiger charge is 2.30. The number of rotatable bonds is 1. The number of hydrogen-bond donors (Lipinski definition) is 1. The average Bonchev–Trinajstić information content (AvgIpc) is 2.16. The van der Waals surface area contributed by atoms with Gasteiger partial charge in [0.2, 0.25) is 0 Å². The molecule has 0 aliphatic carbocycles. The van der Waals surface area contributed by atoms with Gasteiger partial charge < -0.3 is 14.7 Å². The molecule has 1 rings (SSSR count). The zero-order valence-corrected chi connectivity index (χ0v) is 8.19. The second-order valence-electron chi connectivity index (χ2n) is 3.47. The third kappa shape index (κ3) is 2.34. The number of likely N-dealkylation sites (tertiary alicyclic amines) is 1. The Morgan fingerprint density at radius 2 is 2.31 bits per heavy atom. The van der Waals surface area contributed by atoms with Gasteiger partial charge in [-0.1, -0.05) is 0 Å². The topological polar surface area (TPSA) is 49.8 Å². The van der Waals surface area contributed by atoms with Crippen LogP contribution >= 0.6 is 0 Å². The van der Waals surface area contributed by atoms with Crippen molar-refractivity contribution in [1.82, 2.24) is 4.90 Å². The molecule has 2 unspecified atom stereocenters. The Labute approximate surface area is 78.5 Å². The standard InChI is InChI=1S/C9H17NO3/c1-7(11)8-5-3-4-6-10(8)9(12)13-2/h7-8,11H,3-6H2,1-2H3. The van der Waals surface area contributed by atoms with E-state index in [0.29, 0.717) is 6.54 Å². The van der Waals surface area contributed by atoms with Gasteiger partial charge in [-0.25, -0.2) is 4.79 Å². The van der Waals surface area contributed by atoms with E-state index in [4.69, 9.17) is 0 Å². The first-order valence-corrected chi connectivity index (χ1v) is 4.69. The highest BCUT2D eigenvalue weighted by Crippen LogP contribution is 2.20. The lowest BCUT2D eigenvalue weighted by Gasteiger charge is -2.36. The number of methoxy groups -OCH3 is 1. The number of carbonyl (C=O) groups is 1. The van der Waals surface area contributed by atoms with Crippen molar-refractivity contribution in [2.45, 2.75) is 38.3 Å². The minimum absolute atomic E-state index is 0.0683. The number of amides is 1. The normalized spacial score (nSPS) is 25.5. The number of piperidine rings is 1. The minimum atomic E-state index is -0.473. The van der Waals surface area contributed by atoms with Gasteiger partial charge in [-0.05, 0) is 26.2 Å². The molecule has 0 saturated carbocycles. The van der Waals surface area contributed by atoms with Gasteiger partial charge in [-0.15, -0.1) is 0 Å². The van der Waals surface area contributed by atoms with Crippen LogP contribution in [0.5, 0.6) is 0 Å². The van der Waals surface area contributed by atoms with Crippen LogP contribution in [0.15, 0.2) is 0 Å². The summed E-state index contributed by atoms with van der Waals surface area (Å²) in [7, 11) is 1.37. The molecule has 2 atom stereocenters. The quantitative estimate of drug-likeness (QED) is 0.666. The molecule has 13 heavy (non-hydrogen) atoms. The van der Waals surface area contributed by atoms with E-state index < -0.39 is 6.10 Å². The van der Waals surface area contributed by atoms with Gasteiger partial charge in [0.05, 0.1) is 19.3 Å². The van der Waals surface area contributed by atoms with Crippen LogP contribution in [0.1, 0.15) is 26.2 Å². The Balaban J connectivity index is 2.61. The van der Waals surface area contributed by atoms with Gasteiger partial charge in [0, 0.05) is 6.54 Å². The molecule has 4 nitrogen and oxygen atoms in total. The lowest BCUT2D eigenvalue weighted by Crippen LogP contribution is -2.48. The van der Waals surface area contributed by atoms with Crippen LogP contribution in [0.2, 0.25) is 0 Å². The summed E-state index contributed by atoms with van der Waals surface area (Å²) >= 11 is 0. The fourth-order valence-corrected chi connectivity index (χ4v) is 1.80. The second-order valence-corrected chi connectivity index (χ2v) is 3.47. The number of nitrogens with zero attached hydrogens (tertiary/aromatic N) is 1. The summed E-state index contributed by atoms with van der Waals surface area (Å²) in [6.07, 6.45) is 2.14. The molecule has 0 radical (unpaired) electrons. The van der Waals surface area contributed by atoms with Gasteiger partial charge in [-0.2, -0.15) is 0 Å². The third-order valence-corrected chi connectivity index (χ3v) is 2.52. The van der Waals surface area contributed by atoms with Crippen molar-refractivity contribution in [2.24, 2.45) is 0 Å². The predicted molar refractivity (Wildman–Crippen MR) is 48.4 cm³/mol. The molecule has 0 spiro atoms. The van der Waals surface area contributed by atoms with E-state index in [-0.39, 0.29) is 12.1 Å². The van der Waals surface area contributed by atoms with Gasteiger partial charge in [0.1, 0.15) is 0 Å². The first kappa shape index (κ1) is 10.3. The lowest BCUT2D eigenvalue weighted by atomic mass is 9.99. The van der Waals surface area contributed by atoms with Crippen molar-refractivity contribution in [3.05, 3.63) is 0 Å². The molecular formula is C9H17NO3. The van der Waals surface area contributed by atoms with E-state index in [0.717, 1.165) is 19.3 Å². The fraction of sp³-hybridized carbons (Fsp3) is 0.889. The third-order valence-electron chi connectivity index (χ3n) is 2.52. The van der Waals surface area contributed by atoms with Crippen molar-refractivity contribution in [3.63, 3.8) is 0 Å². The first-order valence-electron chi connectivity index (χ1n) is 4.69. The molecule has 1 aliphatic rings. The maximum Gasteiger partial charge on any atom is 0.409 e. The van der Waals surface area contributed by atoms with E-state index >= 15 is 0 Å².